The Labute approximate surface area is 138 Å². The van der Waals surface area contributed by atoms with Crippen molar-refractivity contribution in [2.45, 2.75) is 6.92 Å². The van der Waals surface area contributed by atoms with Crippen LogP contribution in [0.25, 0.3) is 17.2 Å². The van der Waals surface area contributed by atoms with Gasteiger partial charge in [0.15, 0.2) is 5.69 Å². The molecule has 0 unspecified atom stereocenters. The van der Waals surface area contributed by atoms with Gasteiger partial charge in [-0.15, -0.1) is 0 Å². The molecule has 120 valence electrons. The van der Waals surface area contributed by atoms with Crippen molar-refractivity contribution in [2.24, 2.45) is 0 Å². The Morgan fingerprint density at radius 1 is 1.12 bits per heavy atom. The Balaban J connectivity index is 1.85. The number of anilines is 1. The first-order chi connectivity index (χ1) is 11.7. The highest BCUT2D eigenvalue weighted by Crippen LogP contribution is 2.28. The van der Waals surface area contributed by atoms with Crippen LogP contribution in [0.5, 0.6) is 0 Å². The number of rotatable bonds is 5. The molecule has 0 atom stereocenters. The van der Waals surface area contributed by atoms with Crippen LogP contribution in [0.4, 0.5) is 11.4 Å². The maximum absolute atomic E-state index is 11.0. The van der Waals surface area contributed by atoms with Gasteiger partial charge in [0.1, 0.15) is 0 Å². The third kappa shape index (κ3) is 3.17. The van der Waals surface area contributed by atoms with E-state index in [4.69, 9.17) is 4.52 Å². The second-order valence-electron chi connectivity index (χ2n) is 5.13. The van der Waals surface area contributed by atoms with Crippen LogP contribution >= 0.6 is 0 Å². The highest BCUT2D eigenvalue weighted by molar-refractivity contribution is 5.78. The van der Waals surface area contributed by atoms with Crippen LogP contribution in [0, 0.1) is 17.0 Å². The second kappa shape index (κ2) is 6.78. The van der Waals surface area contributed by atoms with E-state index in [-0.39, 0.29) is 17.1 Å². The molecule has 3 rings (SSSR count). The summed E-state index contributed by atoms with van der Waals surface area (Å²) < 4.78 is 4.99. The maximum Gasteiger partial charge on any atom is 0.338 e. The summed E-state index contributed by atoms with van der Waals surface area (Å²) in [5.41, 5.74) is 3.13. The lowest BCUT2D eigenvalue weighted by atomic mass is 10.0. The average molecular weight is 321 g/mol. The molecular weight excluding hydrogens is 306 g/mol. The molecule has 3 aromatic rings. The van der Waals surface area contributed by atoms with E-state index in [0.29, 0.717) is 0 Å². The third-order valence-corrected chi connectivity index (χ3v) is 3.52. The number of aryl methyl sites for hydroxylation is 1. The quantitative estimate of drug-likeness (QED) is 0.547. The monoisotopic (exact) mass is 321 g/mol. The molecule has 6 heteroatoms. The minimum atomic E-state index is -0.497. The van der Waals surface area contributed by atoms with Gasteiger partial charge in [-0.25, -0.2) is 0 Å². The number of benzene rings is 2. The molecule has 0 aliphatic carbocycles. The summed E-state index contributed by atoms with van der Waals surface area (Å²) in [4.78, 5) is 10.5. The molecule has 2 aromatic carbocycles. The largest absolute Gasteiger partial charge is 0.361 e. The molecule has 1 heterocycles. The number of nitrogens with zero attached hydrogens (tertiary/aromatic N) is 2. The van der Waals surface area contributed by atoms with Gasteiger partial charge >= 0.3 is 5.69 Å². The highest BCUT2D eigenvalue weighted by Gasteiger charge is 2.21. The summed E-state index contributed by atoms with van der Waals surface area (Å²) in [6, 6.07) is 17.8. The topological polar surface area (TPSA) is 81.2 Å². The normalized spacial score (nSPS) is 10.9. The average Bonchev–Trinajstić information content (AvgIpc) is 2.97. The van der Waals surface area contributed by atoms with Gasteiger partial charge in [-0.2, -0.15) is 0 Å². The van der Waals surface area contributed by atoms with Crippen LogP contribution in [0.2, 0.25) is 0 Å². The summed E-state index contributed by atoms with van der Waals surface area (Å²) in [5, 5.41) is 17.8. The lowest BCUT2D eigenvalue weighted by molar-refractivity contribution is -0.386. The van der Waals surface area contributed by atoms with Gasteiger partial charge in [0.2, 0.25) is 5.76 Å². The maximum atomic E-state index is 11.0. The molecule has 6 nitrogen and oxygen atoms in total. The van der Waals surface area contributed by atoms with Crippen LogP contribution in [0.1, 0.15) is 11.5 Å². The molecule has 0 saturated heterocycles. The molecular formula is C18H15N3O3. The van der Waals surface area contributed by atoms with Crippen LogP contribution in [0.15, 0.2) is 65.3 Å². The summed E-state index contributed by atoms with van der Waals surface area (Å²) >= 11 is 0. The van der Waals surface area contributed by atoms with E-state index in [1.807, 2.05) is 54.6 Å². The fraction of sp³-hybridized carbons (Fsp3) is 0.0556. The van der Waals surface area contributed by atoms with Crippen LogP contribution in [-0.2, 0) is 0 Å². The first-order valence-corrected chi connectivity index (χ1v) is 7.35. The molecule has 0 bridgehead atoms. The van der Waals surface area contributed by atoms with Crippen LogP contribution in [-0.4, -0.2) is 10.1 Å². The molecule has 0 amide bonds. The molecule has 1 N–H and O–H groups in total. The van der Waals surface area contributed by atoms with Gasteiger partial charge in [-0.1, -0.05) is 53.7 Å². The zero-order valence-electron chi connectivity index (χ0n) is 13.0. The van der Waals surface area contributed by atoms with E-state index in [1.54, 1.807) is 6.20 Å². The van der Waals surface area contributed by atoms with Crippen molar-refractivity contribution in [2.75, 3.05) is 5.32 Å². The number of hydrogen-bond acceptors (Lipinski definition) is 5. The van der Waals surface area contributed by atoms with Crippen molar-refractivity contribution in [3.05, 3.63) is 82.4 Å². The molecule has 1 aromatic heterocycles. The molecule has 0 saturated carbocycles. The zero-order chi connectivity index (χ0) is 16.9. The van der Waals surface area contributed by atoms with Crippen LogP contribution < -0.4 is 5.32 Å². The predicted molar refractivity (Wildman–Crippen MR) is 92.4 cm³/mol. The van der Waals surface area contributed by atoms with E-state index in [2.05, 4.69) is 10.5 Å². The number of aromatic nitrogens is 1. The first kappa shape index (κ1) is 15.5. The highest BCUT2D eigenvalue weighted by atomic mass is 16.6. The SMILES string of the molecule is Cc1noc(C=CNc2ccccc2-c2ccccc2)c1[N+](=O)[O-]. The molecule has 24 heavy (non-hydrogen) atoms. The van der Waals surface area contributed by atoms with Gasteiger partial charge in [0.05, 0.1) is 4.92 Å². The van der Waals surface area contributed by atoms with Crippen molar-refractivity contribution in [3.8, 4) is 11.1 Å². The van der Waals surface area contributed by atoms with Gasteiger partial charge in [0, 0.05) is 23.5 Å². The molecule has 0 aliphatic heterocycles. The Bertz CT molecular complexity index is 886. The standard InChI is InChI=1S/C18H15N3O3/c1-13-18(21(22)23)17(24-20-13)11-12-19-16-10-6-5-9-15(16)14-7-3-2-4-8-14/h2-12,19H,1H3. The number of hydrogen-bond donors (Lipinski definition) is 1. The Kier molecular flexibility index (Phi) is 4.38. The fourth-order valence-electron chi connectivity index (χ4n) is 2.40. The van der Waals surface area contributed by atoms with Crippen molar-refractivity contribution in [3.63, 3.8) is 0 Å². The summed E-state index contributed by atoms with van der Waals surface area (Å²) in [7, 11) is 0. The van der Waals surface area contributed by atoms with Crippen molar-refractivity contribution in [1.82, 2.24) is 5.16 Å². The minimum Gasteiger partial charge on any atom is -0.361 e. The summed E-state index contributed by atoms with van der Waals surface area (Å²) in [5.74, 6) is 0.113. The number of nitrogens with one attached hydrogen (secondary N) is 1. The van der Waals surface area contributed by atoms with Crippen LogP contribution in [0.3, 0.4) is 0 Å². The lowest BCUT2D eigenvalue weighted by Crippen LogP contribution is -1.92. The minimum absolute atomic E-state index is 0.113. The van der Waals surface area contributed by atoms with Gasteiger partial charge in [-0.3, -0.25) is 10.1 Å². The molecule has 0 radical (unpaired) electrons. The zero-order valence-corrected chi connectivity index (χ0v) is 13.0. The van der Waals surface area contributed by atoms with E-state index in [9.17, 15) is 10.1 Å². The van der Waals surface area contributed by atoms with E-state index in [1.165, 1.54) is 13.0 Å². The van der Waals surface area contributed by atoms with Gasteiger partial charge in [0.25, 0.3) is 0 Å². The van der Waals surface area contributed by atoms with E-state index in [0.717, 1.165) is 16.8 Å². The summed E-state index contributed by atoms with van der Waals surface area (Å²) in [6.07, 6.45) is 3.11. The molecule has 0 spiro atoms. The summed E-state index contributed by atoms with van der Waals surface area (Å²) in [6.45, 7) is 1.54. The Hall–Kier alpha value is -3.41. The lowest BCUT2D eigenvalue weighted by Gasteiger charge is -2.09. The molecule has 0 aliphatic rings. The van der Waals surface area contributed by atoms with Gasteiger partial charge < -0.3 is 9.84 Å². The fourth-order valence-corrected chi connectivity index (χ4v) is 2.40. The smallest absolute Gasteiger partial charge is 0.338 e. The van der Waals surface area contributed by atoms with E-state index >= 15 is 0 Å². The predicted octanol–water partition coefficient (Wildman–Crippen LogP) is 4.64. The molecule has 0 fully saturated rings. The van der Waals surface area contributed by atoms with Crippen molar-refractivity contribution in [1.29, 1.82) is 0 Å². The second-order valence-corrected chi connectivity index (χ2v) is 5.13. The van der Waals surface area contributed by atoms with Gasteiger partial charge in [-0.05, 0) is 18.6 Å². The Morgan fingerprint density at radius 2 is 1.83 bits per heavy atom. The third-order valence-electron chi connectivity index (χ3n) is 3.52. The first-order valence-electron chi connectivity index (χ1n) is 7.35. The Morgan fingerprint density at radius 3 is 2.58 bits per heavy atom. The van der Waals surface area contributed by atoms with Crippen molar-refractivity contribution >= 4 is 17.5 Å². The van der Waals surface area contributed by atoms with Crippen molar-refractivity contribution < 1.29 is 9.45 Å². The van der Waals surface area contributed by atoms with E-state index < -0.39 is 4.92 Å². The number of para-hydroxylation sites is 1. The number of nitro groups is 1.